The van der Waals surface area contributed by atoms with Gasteiger partial charge in [0.25, 0.3) is 0 Å². The number of amides is 3. The number of carboxylic acid groups (broad SMARTS) is 1. The highest BCUT2D eigenvalue weighted by Crippen LogP contribution is 2.18. The molecule has 0 heterocycles. The van der Waals surface area contributed by atoms with Crippen molar-refractivity contribution in [1.82, 2.24) is 10.6 Å². The molecule has 0 saturated carbocycles. The number of benzene rings is 2. The summed E-state index contributed by atoms with van der Waals surface area (Å²) in [5.41, 5.74) is 6.89. The Labute approximate surface area is 207 Å². The molecular weight excluding hydrogens is 446 g/mol. The van der Waals surface area contributed by atoms with Crippen LogP contribution in [0.25, 0.3) is 0 Å². The topological polar surface area (TPSA) is 139 Å². The second-order valence-electron chi connectivity index (χ2n) is 10.2. The number of aliphatic carboxylic acids is 1. The molecule has 0 fully saturated rings. The summed E-state index contributed by atoms with van der Waals surface area (Å²) in [7, 11) is 0. The fourth-order valence-electron chi connectivity index (χ4n) is 2.64. The Kier molecular flexibility index (Phi) is 10.8. The molecule has 2 rings (SSSR count). The van der Waals surface area contributed by atoms with Gasteiger partial charge in [0, 0.05) is 10.8 Å². The molecule has 2 aromatic carbocycles. The van der Waals surface area contributed by atoms with E-state index in [9.17, 15) is 19.2 Å². The number of imide groups is 1. The third-order valence-electron chi connectivity index (χ3n) is 4.93. The van der Waals surface area contributed by atoms with Gasteiger partial charge in [0.1, 0.15) is 6.04 Å². The molecular formula is C27H37N3O5. The zero-order valence-corrected chi connectivity index (χ0v) is 21.3. The summed E-state index contributed by atoms with van der Waals surface area (Å²) in [4.78, 5) is 46.2. The average molecular weight is 484 g/mol. The molecule has 2 aromatic rings. The lowest BCUT2D eigenvalue weighted by Gasteiger charge is -2.22. The van der Waals surface area contributed by atoms with E-state index in [1.165, 1.54) is 0 Å². The van der Waals surface area contributed by atoms with Gasteiger partial charge in [0.05, 0.1) is 12.5 Å². The molecule has 5 N–H and O–H groups in total. The first kappa shape index (κ1) is 29.5. The van der Waals surface area contributed by atoms with Crippen LogP contribution >= 0.6 is 0 Å². The van der Waals surface area contributed by atoms with E-state index in [2.05, 4.69) is 34.9 Å². The summed E-state index contributed by atoms with van der Waals surface area (Å²) in [6.07, 6.45) is -0.501. The Morgan fingerprint density at radius 3 is 1.51 bits per heavy atom. The van der Waals surface area contributed by atoms with Gasteiger partial charge in [-0.2, -0.15) is 0 Å². The minimum Gasteiger partial charge on any atom is -0.480 e. The number of nitrogens with two attached hydrogens (primary N) is 1. The van der Waals surface area contributed by atoms with Crippen LogP contribution in [0.3, 0.4) is 0 Å². The SMILES string of the molecule is CC(C)(C)C(=O)NC(=O)CC(NC(=O)C(C)(C)C)C(=O)O.NC(c1ccccc1)c1ccccc1. The molecule has 0 aliphatic rings. The van der Waals surface area contributed by atoms with Crippen molar-refractivity contribution in [3.05, 3.63) is 71.8 Å². The summed E-state index contributed by atoms with van der Waals surface area (Å²) in [6, 6.07) is 18.9. The van der Waals surface area contributed by atoms with Gasteiger partial charge in [0.15, 0.2) is 0 Å². The van der Waals surface area contributed by atoms with Crippen molar-refractivity contribution in [1.29, 1.82) is 0 Å². The Morgan fingerprint density at radius 1 is 0.771 bits per heavy atom. The zero-order chi connectivity index (χ0) is 26.8. The van der Waals surface area contributed by atoms with Crippen LogP contribution in [0.5, 0.6) is 0 Å². The Balaban J connectivity index is 0.000000375. The van der Waals surface area contributed by atoms with Crippen LogP contribution in [-0.4, -0.2) is 34.8 Å². The van der Waals surface area contributed by atoms with Gasteiger partial charge < -0.3 is 16.2 Å². The van der Waals surface area contributed by atoms with Gasteiger partial charge in [-0.25, -0.2) is 4.79 Å². The van der Waals surface area contributed by atoms with Crippen molar-refractivity contribution in [2.45, 2.75) is 60.0 Å². The molecule has 0 radical (unpaired) electrons. The van der Waals surface area contributed by atoms with Crippen molar-refractivity contribution < 1.29 is 24.3 Å². The van der Waals surface area contributed by atoms with Crippen LogP contribution in [0.4, 0.5) is 0 Å². The number of nitrogens with one attached hydrogen (secondary N) is 2. The maximum Gasteiger partial charge on any atom is 0.326 e. The number of hydrogen-bond acceptors (Lipinski definition) is 5. The molecule has 1 atom stereocenters. The van der Waals surface area contributed by atoms with Crippen LogP contribution in [0, 0.1) is 10.8 Å². The smallest absolute Gasteiger partial charge is 0.326 e. The average Bonchev–Trinajstić information content (AvgIpc) is 2.78. The minimum atomic E-state index is -1.37. The lowest BCUT2D eigenvalue weighted by Crippen LogP contribution is -2.49. The van der Waals surface area contributed by atoms with E-state index in [-0.39, 0.29) is 6.04 Å². The number of carbonyl (C=O) groups is 4. The van der Waals surface area contributed by atoms with E-state index in [1.54, 1.807) is 41.5 Å². The third-order valence-corrected chi connectivity index (χ3v) is 4.93. The fraction of sp³-hybridized carbons (Fsp3) is 0.407. The predicted molar refractivity (Wildman–Crippen MR) is 135 cm³/mol. The highest BCUT2D eigenvalue weighted by molar-refractivity contribution is 5.99. The van der Waals surface area contributed by atoms with Crippen molar-refractivity contribution in [3.8, 4) is 0 Å². The van der Waals surface area contributed by atoms with Gasteiger partial charge in [0.2, 0.25) is 17.7 Å². The summed E-state index contributed by atoms with van der Waals surface area (Å²) in [5.74, 6) is -3.05. The molecule has 0 bridgehead atoms. The molecule has 0 aliphatic heterocycles. The normalized spacial score (nSPS) is 12.1. The Hall–Kier alpha value is -3.52. The number of carbonyl (C=O) groups excluding carboxylic acids is 3. The summed E-state index contributed by atoms with van der Waals surface area (Å²) >= 11 is 0. The van der Waals surface area contributed by atoms with Crippen LogP contribution in [0.15, 0.2) is 60.7 Å². The first-order chi connectivity index (χ1) is 16.1. The van der Waals surface area contributed by atoms with Gasteiger partial charge >= 0.3 is 5.97 Å². The van der Waals surface area contributed by atoms with E-state index in [4.69, 9.17) is 10.8 Å². The van der Waals surface area contributed by atoms with Crippen molar-refractivity contribution in [2.24, 2.45) is 16.6 Å². The summed E-state index contributed by atoms with van der Waals surface area (Å²) in [6.45, 7) is 9.78. The molecule has 35 heavy (non-hydrogen) atoms. The van der Waals surface area contributed by atoms with E-state index in [0.29, 0.717) is 0 Å². The van der Waals surface area contributed by atoms with Gasteiger partial charge in [-0.3, -0.25) is 19.7 Å². The second kappa shape index (κ2) is 12.8. The quantitative estimate of drug-likeness (QED) is 0.497. The lowest BCUT2D eigenvalue weighted by atomic mass is 9.94. The first-order valence-electron chi connectivity index (χ1n) is 11.4. The predicted octanol–water partition coefficient (Wildman–Crippen LogP) is 3.42. The number of hydrogen-bond donors (Lipinski definition) is 4. The van der Waals surface area contributed by atoms with Gasteiger partial charge in [-0.1, -0.05) is 102 Å². The monoisotopic (exact) mass is 483 g/mol. The Bertz CT molecular complexity index is 953. The van der Waals surface area contributed by atoms with E-state index in [0.717, 1.165) is 11.1 Å². The van der Waals surface area contributed by atoms with Crippen molar-refractivity contribution in [3.63, 3.8) is 0 Å². The molecule has 8 nitrogen and oxygen atoms in total. The highest BCUT2D eigenvalue weighted by Gasteiger charge is 2.30. The summed E-state index contributed by atoms with van der Waals surface area (Å²) in [5, 5.41) is 13.5. The first-order valence-corrected chi connectivity index (χ1v) is 11.4. The number of carboxylic acids is 1. The van der Waals surface area contributed by atoms with Crippen molar-refractivity contribution >= 4 is 23.7 Å². The molecule has 8 heteroatoms. The standard InChI is InChI=1S/C14H24N2O5.C13H13N/c1-13(2,3)11(20)15-8(10(18)19)7-9(17)16-12(21)14(4,5)6;14-13(11-7-3-1-4-8-11)12-9-5-2-6-10-12/h8H,7H2,1-6H3,(H,15,20)(H,18,19)(H,16,17,21);1-10,13H,14H2. The highest BCUT2D eigenvalue weighted by atomic mass is 16.4. The van der Waals surface area contributed by atoms with Crippen LogP contribution in [0.1, 0.15) is 65.1 Å². The molecule has 0 aliphatic carbocycles. The van der Waals surface area contributed by atoms with Crippen LogP contribution < -0.4 is 16.4 Å². The molecule has 0 aromatic heterocycles. The van der Waals surface area contributed by atoms with E-state index < -0.39 is 47.0 Å². The van der Waals surface area contributed by atoms with E-state index >= 15 is 0 Å². The van der Waals surface area contributed by atoms with Crippen LogP contribution in [0.2, 0.25) is 0 Å². The van der Waals surface area contributed by atoms with E-state index in [1.807, 2.05) is 36.4 Å². The van der Waals surface area contributed by atoms with Gasteiger partial charge in [-0.05, 0) is 11.1 Å². The zero-order valence-electron chi connectivity index (χ0n) is 21.3. The third kappa shape index (κ3) is 10.5. The summed E-state index contributed by atoms with van der Waals surface area (Å²) < 4.78 is 0. The molecule has 0 spiro atoms. The largest absolute Gasteiger partial charge is 0.480 e. The number of rotatable bonds is 6. The molecule has 1 unspecified atom stereocenters. The molecule has 190 valence electrons. The lowest BCUT2D eigenvalue weighted by molar-refractivity contribution is -0.145. The maximum atomic E-state index is 11.8. The second-order valence-corrected chi connectivity index (χ2v) is 10.2. The van der Waals surface area contributed by atoms with Crippen molar-refractivity contribution in [2.75, 3.05) is 0 Å². The van der Waals surface area contributed by atoms with Gasteiger partial charge in [-0.15, -0.1) is 0 Å². The molecule has 0 saturated heterocycles. The molecule has 3 amide bonds. The van der Waals surface area contributed by atoms with Crippen LogP contribution in [-0.2, 0) is 19.2 Å². The Morgan fingerprint density at radius 2 is 1.17 bits per heavy atom. The minimum absolute atomic E-state index is 0.0163. The maximum absolute atomic E-state index is 11.8. The fourth-order valence-corrected chi connectivity index (χ4v) is 2.64.